The normalized spacial score (nSPS) is 13.1. The van der Waals surface area contributed by atoms with E-state index < -0.39 is 41.8 Å². The minimum absolute atomic E-state index is 0.0328. The number of carbonyl (C=O) groups is 4. The predicted octanol–water partition coefficient (Wildman–Crippen LogP) is -2.58. The summed E-state index contributed by atoms with van der Waals surface area (Å²) in [5, 5.41) is 26.0. The molecule has 0 bridgehead atoms. The van der Waals surface area contributed by atoms with E-state index in [1.54, 1.807) is 12.1 Å². The zero-order valence-corrected chi connectivity index (χ0v) is 19.3. The number of phenols is 1. The van der Waals surface area contributed by atoms with Crippen LogP contribution in [-0.4, -0.2) is 76.8 Å². The van der Waals surface area contributed by atoms with Crippen LogP contribution in [0.3, 0.4) is 0 Å². The molecule has 0 spiro atoms. The van der Waals surface area contributed by atoms with Gasteiger partial charge >= 0.3 is 5.97 Å². The van der Waals surface area contributed by atoms with Gasteiger partial charge in [0, 0.05) is 18.7 Å². The largest absolute Gasteiger partial charge is 0.508 e. The number of hydrogen-bond donors (Lipinski definition) is 9. The molecule has 188 valence electrons. The lowest BCUT2D eigenvalue weighted by atomic mass is 10.0. The maximum absolute atomic E-state index is 13.0. The second-order valence-corrected chi connectivity index (χ2v) is 7.65. The zero-order chi connectivity index (χ0) is 25.7. The van der Waals surface area contributed by atoms with Gasteiger partial charge in [0.15, 0.2) is 5.96 Å². The van der Waals surface area contributed by atoms with Crippen LogP contribution < -0.4 is 33.2 Å². The van der Waals surface area contributed by atoms with Crippen molar-refractivity contribution >= 4 is 42.3 Å². The van der Waals surface area contributed by atoms with Crippen LogP contribution in [0, 0.1) is 0 Å². The Morgan fingerprint density at radius 3 is 2.09 bits per heavy atom. The van der Waals surface area contributed by atoms with Crippen molar-refractivity contribution in [2.45, 2.75) is 37.4 Å². The molecule has 1 aromatic rings. The van der Waals surface area contributed by atoms with E-state index >= 15 is 0 Å². The predicted molar refractivity (Wildman–Crippen MR) is 128 cm³/mol. The zero-order valence-electron chi connectivity index (χ0n) is 18.4. The van der Waals surface area contributed by atoms with Gasteiger partial charge in [0.05, 0.1) is 6.54 Å². The molecule has 0 aliphatic rings. The van der Waals surface area contributed by atoms with Crippen LogP contribution in [0.15, 0.2) is 29.3 Å². The minimum atomic E-state index is -1.28. The molecule has 13 nitrogen and oxygen atoms in total. The van der Waals surface area contributed by atoms with Gasteiger partial charge in [-0.05, 0) is 30.5 Å². The van der Waals surface area contributed by atoms with E-state index in [9.17, 15) is 29.4 Å². The molecule has 0 radical (unpaired) electrons. The first-order chi connectivity index (χ1) is 16.1. The van der Waals surface area contributed by atoms with Crippen molar-refractivity contribution in [2.75, 3.05) is 18.8 Å². The third-order valence-electron chi connectivity index (χ3n) is 4.59. The van der Waals surface area contributed by atoms with Gasteiger partial charge in [-0.2, -0.15) is 12.6 Å². The molecule has 0 aromatic heterocycles. The molecule has 1 rings (SSSR count). The Morgan fingerprint density at radius 2 is 1.56 bits per heavy atom. The van der Waals surface area contributed by atoms with Gasteiger partial charge in [-0.1, -0.05) is 12.1 Å². The van der Waals surface area contributed by atoms with Gasteiger partial charge < -0.3 is 43.4 Å². The van der Waals surface area contributed by atoms with Crippen molar-refractivity contribution in [1.29, 1.82) is 0 Å². The van der Waals surface area contributed by atoms with Gasteiger partial charge in [0.2, 0.25) is 17.7 Å². The SMILES string of the molecule is NCC(=O)NC(Cc1ccc(O)cc1)C(=O)NC(CCCN=C(N)N)C(=O)NC(CS)C(=O)O. The number of carbonyl (C=O) groups excluding carboxylic acids is 3. The quantitative estimate of drug-likeness (QED) is 0.0567. The van der Waals surface area contributed by atoms with Crippen LogP contribution >= 0.6 is 12.6 Å². The summed E-state index contributed by atoms with van der Waals surface area (Å²) in [7, 11) is 0. The van der Waals surface area contributed by atoms with E-state index in [0.717, 1.165) is 0 Å². The van der Waals surface area contributed by atoms with Crippen LogP contribution in [-0.2, 0) is 25.6 Å². The maximum atomic E-state index is 13.0. The lowest BCUT2D eigenvalue weighted by molar-refractivity contribution is -0.141. The number of nitrogens with one attached hydrogen (secondary N) is 3. The number of aliphatic carboxylic acids is 1. The van der Waals surface area contributed by atoms with Crippen molar-refractivity contribution in [3.05, 3.63) is 29.8 Å². The summed E-state index contributed by atoms with van der Waals surface area (Å²) >= 11 is 3.91. The second kappa shape index (κ2) is 14.6. The molecule has 0 aliphatic carbocycles. The summed E-state index contributed by atoms with van der Waals surface area (Å²) in [4.78, 5) is 52.7. The number of thiol groups is 1. The van der Waals surface area contributed by atoms with Gasteiger partial charge in [-0.25, -0.2) is 4.79 Å². The summed E-state index contributed by atoms with van der Waals surface area (Å²) in [5.41, 5.74) is 16.6. The fourth-order valence-electron chi connectivity index (χ4n) is 2.83. The summed E-state index contributed by atoms with van der Waals surface area (Å²) in [6, 6.07) is 2.52. The highest BCUT2D eigenvalue weighted by atomic mass is 32.1. The first-order valence-corrected chi connectivity index (χ1v) is 11.0. The minimum Gasteiger partial charge on any atom is -0.508 e. The average molecular weight is 498 g/mol. The van der Waals surface area contributed by atoms with Gasteiger partial charge in [-0.15, -0.1) is 0 Å². The Balaban J connectivity index is 3.03. The van der Waals surface area contributed by atoms with E-state index in [1.807, 2.05) is 0 Å². The molecular formula is C20H31N7O6S. The van der Waals surface area contributed by atoms with E-state index in [-0.39, 0.29) is 43.4 Å². The molecule has 34 heavy (non-hydrogen) atoms. The Bertz CT molecular complexity index is 877. The van der Waals surface area contributed by atoms with Gasteiger partial charge in [0.1, 0.15) is 23.9 Å². The molecule has 3 unspecified atom stereocenters. The number of hydrogen-bond acceptors (Lipinski definition) is 8. The summed E-state index contributed by atoms with van der Waals surface area (Å²) in [6.45, 7) is -0.179. The number of benzene rings is 1. The fourth-order valence-corrected chi connectivity index (χ4v) is 3.08. The van der Waals surface area contributed by atoms with Crippen LogP contribution in [0.1, 0.15) is 18.4 Å². The first kappa shape index (κ1) is 28.5. The number of guanidine groups is 1. The van der Waals surface area contributed by atoms with Crippen molar-refractivity contribution in [3.63, 3.8) is 0 Å². The van der Waals surface area contributed by atoms with Gasteiger partial charge in [0.25, 0.3) is 0 Å². The summed E-state index contributed by atoms with van der Waals surface area (Å²) in [6.07, 6.45) is 0.436. The molecule has 1 aromatic carbocycles. The number of phenolic OH excluding ortho intramolecular Hbond substituents is 1. The molecule has 0 heterocycles. The fraction of sp³-hybridized carbons (Fsp3) is 0.450. The van der Waals surface area contributed by atoms with E-state index in [2.05, 4.69) is 33.6 Å². The average Bonchev–Trinajstić information content (AvgIpc) is 2.79. The summed E-state index contributed by atoms with van der Waals surface area (Å²) < 4.78 is 0. The van der Waals surface area contributed by atoms with E-state index in [0.29, 0.717) is 12.0 Å². The number of nitrogens with zero attached hydrogens (tertiary/aromatic N) is 1. The number of carboxylic acid groups (broad SMARTS) is 1. The highest BCUT2D eigenvalue weighted by Crippen LogP contribution is 2.12. The van der Waals surface area contributed by atoms with Crippen molar-refractivity contribution < 1.29 is 29.4 Å². The maximum Gasteiger partial charge on any atom is 0.327 e. The molecule has 11 N–H and O–H groups in total. The van der Waals surface area contributed by atoms with Crippen LogP contribution in [0.4, 0.5) is 0 Å². The van der Waals surface area contributed by atoms with Crippen molar-refractivity contribution in [3.8, 4) is 5.75 Å². The third kappa shape index (κ3) is 10.4. The monoisotopic (exact) mass is 497 g/mol. The van der Waals surface area contributed by atoms with Crippen LogP contribution in [0.5, 0.6) is 5.75 Å². The molecule has 0 saturated heterocycles. The molecular weight excluding hydrogens is 466 g/mol. The molecule has 0 saturated carbocycles. The molecule has 14 heteroatoms. The first-order valence-electron chi connectivity index (χ1n) is 10.3. The standard InChI is InChI=1S/C20H31N7O6S/c21-9-16(29)25-14(8-11-3-5-12(28)6-4-11)18(31)26-13(2-1-7-24-20(22)23)17(30)27-15(10-34)19(32)33/h3-6,13-15,28,34H,1-2,7-10,21H2,(H,25,29)(H,26,31)(H,27,30)(H,32,33)(H4,22,23,24). The lowest BCUT2D eigenvalue weighted by Gasteiger charge is -2.24. The number of rotatable bonds is 14. The molecule has 3 atom stereocenters. The Labute approximate surface area is 201 Å². The summed E-state index contributed by atoms with van der Waals surface area (Å²) in [5.74, 6) is -3.56. The highest BCUT2D eigenvalue weighted by Gasteiger charge is 2.29. The van der Waals surface area contributed by atoms with Gasteiger partial charge in [-0.3, -0.25) is 19.4 Å². The Hall–Kier alpha value is -3.52. The molecule has 3 amide bonds. The number of amides is 3. The van der Waals surface area contributed by atoms with Crippen LogP contribution in [0.2, 0.25) is 0 Å². The number of aromatic hydroxyl groups is 1. The number of aliphatic imine (C=N–C) groups is 1. The highest BCUT2D eigenvalue weighted by molar-refractivity contribution is 7.80. The number of carboxylic acids is 1. The number of nitrogens with two attached hydrogens (primary N) is 3. The lowest BCUT2D eigenvalue weighted by Crippen LogP contribution is -2.57. The van der Waals surface area contributed by atoms with Crippen molar-refractivity contribution in [1.82, 2.24) is 16.0 Å². The Morgan fingerprint density at radius 1 is 0.971 bits per heavy atom. The smallest absolute Gasteiger partial charge is 0.327 e. The van der Waals surface area contributed by atoms with Crippen molar-refractivity contribution in [2.24, 2.45) is 22.2 Å². The van der Waals surface area contributed by atoms with E-state index in [4.69, 9.17) is 17.2 Å². The topological polar surface area (TPSA) is 235 Å². The Kier molecular flexibility index (Phi) is 12.2. The molecule has 0 aliphatic heterocycles. The van der Waals surface area contributed by atoms with E-state index in [1.165, 1.54) is 12.1 Å². The molecule has 0 fully saturated rings. The third-order valence-corrected chi connectivity index (χ3v) is 4.95. The second-order valence-electron chi connectivity index (χ2n) is 7.29. The van der Waals surface area contributed by atoms with Crippen LogP contribution in [0.25, 0.3) is 0 Å².